The van der Waals surface area contributed by atoms with E-state index in [0.29, 0.717) is 12.1 Å². The molecule has 0 amide bonds. The van der Waals surface area contributed by atoms with Crippen molar-refractivity contribution in [1.82, 2.24) is 14.8 Å². The molecule has 1 aromatic heterocycles. The number of aromatic nitrogens is 1. The summed E-state index contributed by atoms with van der Waals surface area (Å²) in [4.78, 5) is 9.00. The summed E-state index contributed by atoms with van der Waals surface area (Å²) < 4.78 is 0. The van der Waals surface area contributed by atoms with Crippen LogP contribution >= 0.6 is 0 Å². The largest absolute Gasteiger partial charge is 0.329 e. The lowest BCUT2D eigenvalue weighted by Crippen LogP contribution is -2.44. The number of hydrogen-bond donors (Lipinski definition) is 1. The molecule has 18 heavy (non-hydrogen) atoms. The topological polar surface area (TPSA) is 45.4 Å². The van der Waals surface area contributed by atoms with E-state index < -0.39 is 0 Å². The van der Waals surface area contributed by atoms with Crippen molar-refractivity contribution in [3.05, 3.63) is 30.1 Å². The average molecular weight is 248 g/mol. The minimum atomic E-state index is 0.469. The predicted octanol–water partition coefficient (Wildman–Crippen LogP) is 0.935. The first kappa shape index (κ1) is 13.5. The SMILES string of the molecule is CC1CCN(C)C(CN)CN1Cc1ccncc1. The normalized spacial score (nSPS) is 27.1. The zero-order valence-corrected chi connectivity index (χ0v) is 11.4. The van der Waals surface area contributed by atoms with E-state index in [4.69, 9.17) is 5.73 Å². The number of pyridine rings is 1. The maximum Gasteiger partial charge on any atom is 0.0342 e. The lowest BCUT2D eigenvalue weighted by atomic mass is 10.1. The molecule has 1 aliphatic heterocycles. The Kier molecular flexibility index (Phi) is 4.69. The van der Waals surface area contributed by atoms with Gasteiger partial charge in [-0.25, -0.2) is 0 Å². The van der Waals surface area contributed by atoms with Crippen molar-refractivity contribution >= 4 is 0 Å². The van der Waals surface area contributed by atoms with Crippen LogP contribution in [-0.4, -0.2) is 53.5 Å². The molecule has 0 bridgehead atoms. The molecule has 1 aromatic rings. The molecule has 2 rings (SSSR count). The van der Waals surface area contributed by atoms with Gasteiger partial charge in [0.1, 0.15) is 0 Å². The van der Waals surface area contributed by atoms with E-state index in [1.165, 1.54) is 12.0 Å². The van der Waals surface area contributed by atoms with Gasteiger partial charge in [-0.1, -0.05) is 0 Å². The second-order valence-corrected chi connectivity index (χ2v) is 5.29. The van der Waals surface area contributed by atoms with E-state index >= 15 is 0 Å². The Balaban J connectivity index is 2.05. The van der Waals surface area contributed by atoms with E-state index in [9.17, 15) is 0 Å². The summed E-state index contributed by atoms with van der Waals surface area (Å²) >= 11 is 0. The quantitative estimate of drug-likeness (QED) is 0.864. The Bertz CT molecular complexity index is 354. The summed E-state index contributed by atoms with van der Waals surface area (Å²) in [7, 11) is 2.18. The van der Waals surface area contributed by atoms with Crippen LogP contribution in [0.4, 0.5) is 0 Å². The van der Waals surface area contributed by atoms with Crippen LogP contribution in [-0.2, 0) is 6.54 Å². The highest BCUT2D eigenvalue weighted by molar-refractivity contribution is 5.09. The third-order valence-corrected chi connectivity index (χ3v) is 4.00. The summed E-state index contributed by atoms with van der Waals surface area (Å²) in [5.74, 6) is 0. The van der Waals surface area contributed by atoms with Gasteiger partial charge in [0.2, 0.25) is 0 Å². The summed E-state index contributed by atoms with van der Waals surface area (Å²) in [6.07, 6.45) is 4.94. The molecule has 2 N–H and O–H groups in total. The minimum Gasteiger partial charge on any atom is -0.329 e. The molecule has 2 atom stereocenters. The molecule has 0 aliphatic carbocycles. The smallest absolute Gasteiger partial charge is 0.0342 e. The number of rotatable bonds is 3. The Hall–Kier alpha value is -0.970. The third-order valence-electron chi connectivity index (χ3n) is 4.00. The van der Waals surface area contributed by atoms with Crippen molar-refractivity contribution in [3.63, 3.8) is 0 Å². The monoisotopic (exact) mass is 248 g/mol. The van der Waals surface area contributed by atoms with Gasteiger partial charge in [-0.15, -0.1) is 0 Å². The minimum absolute atomic E-state index is 0.469. The van der Waals surface area contributed by atoms with Gasteiger partial charge in [-0.3, -0.25) is 9.88 Å². The highest BCUT2D eigenvalue weighted by atomic mass is 15.2. The molecular formula is C14H24N4. The lowest BCUT2D eigenvalue weighted by molar-refractivity contribution is 0.176. The standard InChI is InChI=1S/C14H24N4/c1-12-5-8-17(2)14(9-15)11-18(12)10-13-3-6-16-7-4-13/h3-4,6-7,12,14H,5,8-11,15H2,1-2H3. The van der Waals surface area contributed by atoms with Crippen LogP contribution in [0.3, 0.4) is 0 Å². The average Bonchev–Trinajstić information content (AvgIpc) is 2.53. The van der Waals surface area contributed by atoms with Crippen LogP contribution in [0.2, 0.25) is 0 Å². The number of likely N-dealkylation sites (N-methyl/N-ethyl adjacent to an activating group) is 1. The summed E-state index contributed by atoms with van der Waals surface area (Å²) in [5.41, 5.74) is 7.22. The molecule has 0 spiro atoms. The molecule has 1 saturated heterocycles. The van der Waals surface area contributed by atoms with Crippen molar-refractivity contribution < 1.29 is 0 Å². The van der Waals surface area contributed by atoms with Crippen LogP contribution in [0.5, 0.6) is 0 Å². The Labute approximate surface area is 110 Å². The van der Waals surface area contributed by atoms with Gasteiger partial charge in [-0.2, -0.15) is 0 Å². The Morgan fingerprint density at radius 3 is 2.78 bits per heavy atom. The third kappa shape index (κ3) is 3.28. The van der Waals surface area contributed by atoms with Crippen molar-refractivity contribution in [1.29, 1.82) is 0 Å². The van der Waals surface area contributed by atoms with Gasteiger partial charge in [0.05, 0.1) is 0 Å². The van der Waals surface area contributed by atoms with Gasteiger partial charge in [0.15, 0.2) is 0 Å². The molecule has 0 aromatic carbocycles. The molecule has 2 unspecified atom stereocenters. The van der Waals surface area contributed by atoms with Crippen molar-refractivity contribution in [2.45, 2.75) is 32.0 Å². The maximum atomic E-state index is 5.89. The van der Waals surface area contributed by atoms with Gasteiger partial charge in [0.25, 0.3) is 0 Å². The second kappa shape index (κ2) is 6.27. The summed E-state index contributed by atoms with van der Waals surface area (Å²) in [5, 5.41) is 0. The summed E-state index contributed by atoms with van der Waals surface area (Å²) in [6.45, 7) is 6.23. The zero-order valence-electron chi connectivity index (χ0n) is 11.4. The zero-order chi connectivity index (χ0) is 13.0. The van der Waals surface area contributed by atoms with Gasteiger partial charge >= 0.3 is 0 Å². The van der Waals surface area contributed by atoms with E-state index in [1.807, 2.05) is 12.4 Å². The maximum absolute atomic E-state index is 5.89. The highest BCUT2D eigenvalue weighted by Gasteiger charge is 2.25. The van der Waals surface area contributed by atoms with Crippen molar-refractivity contribution in [3.8, 4) is 0 Å². The van der Waals surface area contributed by atoms with Crippen LogP contribution in [0.1, 0.15) is 18.9 Å². The number of nitrogens with two attached hydrogens (primary N) is 1. The predicted molar refractivity (Wildman–Crippen MR) is 74.2 cm³/mol. The van der Waals surface area contributed by atoms with Crippen molar-refractivity contribution in [2.75, 3.05) is 26.7 Å². The van der Waals surface area contributed by atoms with Gasteiger partial charge in [0, 0.05) is 44.1 Å². The first-order valence-corrected chi connectivity index (χ1v) is 6.74. The number of hydrogen-bond acceptors (Lipinski definition) is 4. The fourth-order valence-corrected chi connectivity index (χ4v) is 2.54. The van der Waals surface area contributed by atoms with E-state index in [2.05, 4.69) is 40.9 Å². The molecular weight excluding hydrogens is 224 g/mol. The molecule has 0 saturated carbocycles. The first-order valence-electron chi connectivity index (χ1n) is 6.74. The molecule has 0 radical (unpaired) electrons. The van der Waals surface area contributed by atoms with E-state index in [0.717, 1.165) is 26.2 Å². The fraction of sp³-hybridized carbons (Fsp3) is 0.643. The first-order chi connectivity index (χ1) is 8.70. The van der Waals surface area contributed by atoms with Crippen LogP contribution < -0.4 is 5.73 Å². The van der Waals surface area contributed by atoms with E-state index in [1.54, 1.807) is 0 Å². The molecule has 2 heterocycles. The van der Waals surface area contributed by atoms with Gasteiger partial charge < -0.3 is 10.6 Å². The Morgan fingerprint density at radius 2 is 2.11 bits per heavy atom. The highest BCUT2D eigenvalue weighted by Crippen LogP contribution is 2.16. The van der Waals surface area contributed by atoms with Crippen LogP contribution in [0.15, 0.2) is 24.5 Å². The lowest BCUT2D eigenvalue weighted by Gasteiger charge is -2.30. The number of nitrogens with zero attached hydrogens (tertiary/aromatic N) is 3. The van der Waals surface area contributed by atoms with Crippen LogP contribution in [0.25, 0.3) is 0 Å². The Morgan fingerprint density at radius 1 is 1.39 bits per heavy atom. The second-order valence-electron chi connectivity index (χ2n) is 5.29. The molecule has 1 aliphatic rings. The molecule has 1 fully saturated rings. The molecule has 100 valence electrons. The van der Waals surface area contributed by atoms with E-state index in [-0.39, 0.29) is 0 Å². The molecule has 4 nitrogen and oxygen atoms in total. The van der Waals surface area contributed by atoms with Gasteiger partial charge in [-0.05, 0) is 44.6 Å². The summed E-state index contributed by atoms with van der Waals surface area (Å²) in [6, 6.07) is 5.27. The molecule has 4 heteroatoms. The van der Waals surface area contributed by atoms with Crippen molar-refractivity contribution in [2.24, 2.45) is 5.73 Å². The van der Waals surface area contributed by atoms with Crippen LogP contribution in [0, 0.1) is 0 Å². The fourth-order valence-electron chi connectivity index (χ4n) is 2.54.